The molecule has 4 heteroatoms. The highest BCUT2D eigenvalue weighted by Crippen LogP contribution is 2.11. The van der Waals surface area contributed by atoms with Gasteiger partial charge in [0.15, 0.2) is 0 Å². The summed E-state index contributed by atoms with van der Waals surface area (Å²) < 4.78 is 1.83. The molecule has 0 radical (unpaired) electrons. The largest absolute Gasteiger partial charge is 0.311 e. The van der Waals surface area contributed by atoms with Crippen LogP contribution in [0.5, 0.6) is 0 Å². The average molecular weight is 271 g/mol. The number of aromatic nitrogens is 2. The Morgan fingerprint density at radius 2 is 1.95 bits per heavy atom. The quantitative estimate of drug-likeness (QED) is 0.908. The zero-order valence-electron chi connectivity index (χ0n) is 12.3. The Morgan fingerprint density at radius 3 is 2.60 bits per heavy atom. The SMILES string of the molecule is Cc1ccc(CC(=O)Nc2ccnn2CC(C)C)cc1. The van der Waals surface area contributed by atoms with Crippen molar-refractivity contribution in [1.82, 2.24) is 9.78 Å². The highest BCUT2D eigenvalue weighted by molar-refractivity contribution is 5.91. The van der Waals surface area contributed by atoms with Crippen molar-refractivity contribution in [1.29, 1.82) is 0 Å². The van der Waals surface area contributed by atoms with E-state index in [0.717, 1.165) is 17.9 Å². The van der Waals surface area contributed by atoms with Gasteiger partial charge >= 0.3 is 0 Å². The lowest BCUT2D eigenvalue weighted by molar-refractivity contribution is -0.115. The minimum Gasteiger partial charge on any atom is -0.311 e. The first kappa shape index (κ1) is 14.3. The fraction of sp³-hybridized carbons (Fsp3) is 0.375. The topological polar surface area (TPSA) is 46.9 Å². The van der Waals surface area contributed by atoms with E-state index in [1.807, 2.05) is 41.9 Å². The minimum absolute atomic E-state index is 0.0145. The Bertz CT molecular complexity index is 570. The second kappa shape index (κ2) is 6.37. The number of carbonyl (C=O) groups excluding carboxylic acids is 1. The molecule has 0 saturated carbocycles. The van der Waals surface area contributed by atoms with Crippen molar-refractivity contribution in [3.8, 4) is 0 Å². The van der Waals surface area contributed by atoms with Crippen molar-refractivity contribution >= 4 is 11.7 Å². The first-order valence-electron chi connectivity index (χ1n) is 6.92. The van der Waals surface area contributed by atoms with E-state index >= 15 is 0 Å². The Morgan fingerprint density at radius 1 is 1.25 bits per heavy atom. The number of amides is 1. The van der Waals surface area contributed by atoms with Crippen LogP contribution in [0, 0.1) is 12.8 Å². The number of hydrogen-bond acceptors (Lipinski definition) is 2. The Kier molecular flexibility index (Phi) is 4.56. The minimum atomic E-state index is -0.0145. The van der Waals surface area contributed by atoms with E-state index in [9.17, 15) is 4.79 Å². The van der Waals surface area contributed by atoms with E-state index in [-0.39, 0.29) is 5.91 Å². The molecule has 2 aromatic rings. The molecule has 0 aliphatic carbocycles. The summed E-state index contributed by atoms with van der Waals surface area (Å²) in [5.41, 5.74) is 2.21. The van der Waals surface area contributed by atoms with Crippen LogP contribution in [0.25, 0.3) is 0 Å². The number of anilines is 1. The third-order valence-corrected chi connectivity index (χ3v) is 3.01. The Labute approximate surface area is 119 Å². The van der Waals surface area contributed by atoms with Crippen LogP contribution in [0.2, 0.25) is 0 Å². The lowest BCUT2D eigenvalue weighted by Gasteiger charge is -2.11. The predicted octanol–water partition coefficient (Wildman–Crippen LogP) is 3.03. The van der Waals surface area contributed by atoms with E-state index in [1.54, 1.807) is 6.20 Å². The molecule has 1 aromatic heterocycles. The number of nitrogens with one attached hydrogen (secondary N) is 1. The molecule has 20 heavy (non-hydrogen) atoms. The van der Waals surface area contributed by atoms with Gasteiger partial charge in [0.05, 0.1) is 12.6 Å². The van der Waals surface area contributed by atoms with Crippen molar-refractivity contribution < 1.29 is 4.79 Å². The average Bonchev–Trinajstić information content (AvgIpc) is 2.78. The maximum absolute atomic E-state index is 12.1. The zero-order valence-corrected chi connectivity index (χ0v) is 12.3. The van der Waals surface area contributed by atoms with Gasteiger partial charge in [0.1, 0.15) is 5.82 Å². The third-order valence-electron chi connectivity index (χ3n) is 3.01. The molecule has 0 atom stereocenters. The van der Waals surface area contributed by atoms with E-state index in [4.69, 9.17) is 0 Å². The highest BCUT2D eigenvalue weighted by atomic mass is 16.1. The van der Waals surface area contributed by atoms with Crippen molar-refractivity contribution in [2.45, 2.75) is 33.7 Å². The van der Waals surface area contributed by atoms with Gasteiger partial charge in [-0.25, -0.2) is 4.68 Å². The summed E-state index contributed by atoms with van der Waals surface area (Å²) in [5, 5.41) is 7.15. The van der Waals surface area contributed by atoms with Crippen molar-refractivity contribution in [3.63, 3.8) is 0 Å². The van der Waals surface area contributed by atoms with Gasteiger partial charge < -0.3 is 5.32 Å². The van der Waals surface area contributed by atoms with Crippen LogP contribution < -0.4 is 5.32 Å². The summed E-state index contributed by atoms with van der Waals surface area (Å²) in [4.78, 5) is 12.1. The smallest absolute Gasteiger partial charge is 0.229 e. The first-order valence-corrected chi connectivity index (χ1v) is 6.92. The number of rotatable bonds is 5. The molecule has 106 valence electrons. The van der Waals surface area contributed by atoms with Crippen LogP contribution in [0.15, 0.2) is 36.5 Å². The lowest BCUT2D eigenvalue weighted by Crippen LogP contribution is -2.18. The molecule has 0 spiro atoms. The van der Waals surface area contributed by atoms with Crippen molar-refractivity contribution in [3.05, 3.63) is 47.7 Å². The maximum atomic E-state index is 12.1. The molecule has 0 aliphatic heterocycles. The molecule has 1 amide bonds. The summed E-state index contributed by atoms with van der Waals surface area (Å²) in [7, 11) is 0. The molecule has 4 nitrogen and oxygen atoms in total. The number of benzene rings is 1. The highest BCUT2D eigenvalue weighted by Gasteiger charge is 2.09. The predicted molar refractivity (Wildman–Crippen MR) is 80.6 cm³/mol. The number of carbonyl (C=O) groups is 1. The van der Waals surface area contributed by atoms with E-state index in [2.05, 4.69) is 24.3 Å². The Balaban J connectivity index is 1.98. The van der Waals surface area contributed by atoms with Crippen LogP contribution in [0.1, 0.15) is 25.0 Å². The van der Waals surface area contributed by atoms with Gasteiger partial charge in [0, 0.05) is 12.6 Å². The second-order valence-corrected chi connectivity index (χ2v) is 5.50. The third kappa shape index (κ3) is 3.95. The van der Waals surface area contributed by atoms with Gasteiger partial charge in [-0.1, -0.05) is 43.7 Å². The van der Waals surface area contributed by atoms with Crippen molar-refractivity contribution in [2.24, 2.45) is 5.92 Å². The number of aryl methyl sites for hydroxylation is 1. The number of nitrogens with zero attached hydrogens (tertiary/aromatic N) is 2. The summed E-state index contributed by atoms with van der Waals surface area (Å²) in [6, 6.07) is 9.84. The van der Waals surface area contributed by atoms with Crippen LogP contribution in [-0.2, 0) is 17.8 Å². The fourth-order valence-corrected chi connectivity index (χ4v) is 2.01. The standard InChI is InChI=1S/C16H21N3O/c1-12(2)11-19-15(8-9-17-19)18-16(20)10-14-6-4-13(3)5-7-14/h4-9,12H,10-11H2,1-3H3,(H,18,20). The van der Waals surface area contributed by atoms with Crippen LogP contribution in [0.3, 0.4) is 0 Å². The van der Waals surface area contributed by atoms with Gasteiger partial charge in [0.2, 0.25) is 5.91 Å². The zero-order chi connectivity index (χ0) is 14.5. The molecule has 1 aromatic carbocycles. The number of hydrogen-bond donors (Lipinski definition) is 1. The molecule has 0 bridgehead atoms. The van der Waals surface area contributed by atoms with E-state index < -0.39 is 0 Å². The molecule has 2 rings (SSSR count). The van der Waals surface area contributed by atoms with Gasteiger partial charge in [-0.05, 0) is 18.4 Å². The summed E-state index contributed by atoms with van der Waals surface area (Å²) in [6.45, 7) is 7.08. The van der Waals surface area contributed by atoms with Gasteiger partial charge in [-0.2, -0.15) is 5.10 Å². The molecule has 0 saturated heterocycles. The van der Waals surface area contributed by atoms with Crippen molar-refractivity contribution in [2.75, 3.05) is 5.32 Å². The molecule has 1 heterocycles. The van der Waals surface area contributed by atoms with Crippen LogP contribution in [-0.4, -0.2) is 15.7 Å². The molecule has 0 fully saturated rings. The Hall–Kier alpha value is -2.10. The van der Waals surface area contributed by atoms with Gasteiger partial charge in [0.25, 0.3) is 0 Å². The van der Waals surface area contributed by atoms with Crippen LogP contribution >= 0.6 is 0 Å². The van der Waals surface area contributed by atoms with Gasteiger partial charge in [-0.15, -0.1) is 0 Å². The molecule has 1 N–H and O–H groups in total. The van der Waals surface area contributed by atoms with E-state index in [1.165, 1.54) is 5.56 Å². The molecule has 0 unspecified atom stereocenters. The maximum Gasteiger partial charge on any atom is 0.229 e. The molecule has 0 aliphatic rings. The van der Waals surface area contributed by atoms with E-state index in [0.29, 0.717) is 12.3 Å². The first-order chi connectivity index (χ1) is 9.54. The summed E-state index contributed by atoms with van der Waals surface area (Å²) >= 11 is 0. The van der Waals surface area contributed by atoms with Gasteiger partial charge in [-0.3, -0.25) is 4.79 Å². The normalized spacial score (nSPS) is 10.8. The summed E-state index contributed by atoms with van der Waals surface area (Å²) in [6.07, 6.45) is 2.09. The fourth-order valence-electron chi connectivity index (χ4n) is 2.01. The molecular formula is C16H21N3O. The molecular weight excluding hydrogens is 250 g/mol. The lowest BCUT2D eigenvalue weighted by atomic mass is 10.1. The van der Waals surface area contributed by atoms with Crippen LogP contribution in [0.4, 0.5) is 5.82 Å². The monoisotopic (exact) mass is 271 g/mol. The summed E-state index contributed by atoms with van der Waals surface area (Å²) in [5.74, 6) is 1.23. The second-order valence-electron chi connectivity index (χ2n) is 5.50.